The number of carboxylic acids is 1. The molecule has 17 heteroatoms. The number of carboxylic acid groups (broad SMARTS) is 1. The van der Waals surface area contributed by atoms with E-state index in [4.69, 9.17) is 15.6 Å². The molecule has 11 nitrogen and oxygen atoms in total. The van der Waals surface area contributed by atoms with E-state index in [1.165, 1.54) is 34.2 Å². The van der Waals surface area contributed by atoms with Gasteiger partial charge in [-0.15, -0.1) is 11.3 Å². The zero-order chi connectivity index (χ0) is 28.6. The number of nitrogens with one attached hydrogen (secondary N) is 2. The van der Waals surface area contributed by atoms with Gasteiger partial charge in [-0.3, -0.25) is 9.20 Å². The Balaban J connectivity index is 0.000000448. The van der Waals surface area contributed by atoms with Gasteiger partial charge in [0.25, 0.3) is 5.56 Å². The maximum absolute atomic E-state index is 14.8. The fourth-order valence-corrected chi connectivity index (χ4v) is 4.45. The Kier molecular flexibility index (Phi) is 7.18. The first-order valence-electron chi connectivity index (χ1n) is 10.8. The molecule has 0 aliphatic carbocycles. The molecule has 0 spiro atoms. The molecule has 0 aliphatic rings. The summed E-state index contributed by atoms with van der Waals surface area (Å²) in [7, 11) is 0. The SMILES string of the molecule is Cc1csc2nc(C(C)Nc3nc(N)nc4nc[nH]c34)c(-c3cccc(F)c3F)c(=O)n12.O=C(O)C(F)(F)F. The van der Waals surface area contributed by atoms with Gasteiger partial charge in [0.05, 0.1) is 23.6 Å². The highest BCUT2D eigenvalue weighted by atomic mass is 32.1. The number of aromatic amines is 1. The van der Waals surface area contributed by atoms with Crippen LogP contribution in [0, 0.1) is 18.6 Å². The van der Waals surface area contributed by atoms with Gasteiger partial charge in [-0.1, -0.05) is 12.1 Å². The molecule has 1 atom stereocenters. The Morgan fingerprint density at radius 1 is 1.23 bits per heavy atom. The molecule has 0 radical (unpaired) electrons. The molecule has 5 N–H and O–H groups in total. The molecule has 0 saturated carbocycles. The molecule has 4 aromatic heterocycles. The second-order valence-electron chi connectivity index (χ2n) is 7.97. The fourth-order valence-electron chi connectivity index (χ4n) is 3.59. The minimum Gasteiger partial charge on any atom is -0.475 e. The minimum absolute atomic E-state index is 0.00746. The number of alkyl halides is 3. The third kappa shape index (κ3) is 5.33. The van der Waals surface area contributed by atoms with Gasteiger partial charge in [0.1, 0.15) is 5.52 Å². The summed E-state index contributed by atoms with van der Waals surface area (Å²) in [6.07, 6.45) is -3.63. The summed E-state index contributed by atoms with van der Waals surface area (Å²) in [4.78, 5) is 42.6. The number of rotatable bonds is 4. The van der Waals surface area contributed by atoms with Crippen molar-refractivity contribution < 1.29 is 31.9 Å². The number of aromatic nitrogens is 6. The maximum Gasteiger partial charge on any atom is 0.490 e. The average molecular weight is 568 g/mol. The summed E-state index contributed by atoms with van der Waals surface area (Å²) >= 11 is 1.28. The standard InChI is InChI=1S/C20H16F2N8OS.C2HF3O2/c1-8-6-32-20-27-14(9(2)26-17-15-16(25-7-24-15)28-19(23)29-17)12(18(31)30(8)20)10-4-3-5-11(21)13(10)22;3-2(4,5)1(6)7/h3-7,9H,1-2H3,(H4,23,24,25,26,28,29);(H,6,7). The second kappa shape index (κ2) is 10.2. The highest BCUT2D eigenvalue weighted by molar-refractivity contribution is 7.15. The molecular formula is C22H17F5N8O3S. The van der Waals surface area contributed by atoms with Crippen LogP contribution in [0.1, 0.15) is 24.4 Å². The number of carbonyl (C=O) groups is 1. The van der Waals surface area contributed by atoms with Gasteiger partial charge >= 0.3 is 12.1 Å². The summed E-state index contributed by atoms with van der Waals surface area (Å²) in [5, 5.41) is 12.0. The monoisotopic (exact) mass is 568 g/mol. The smallest absolute Gasteiger partial charge is 0.475 e. The van der Waals surface area contributed by atoms with Crippen LogP contribution in [-0.4, -0.2) is 46.6 Å². The lowest BCUT2D eigenvalue weighted by atomic mass is 10.0. The van der Waals surface area contributed by atoms with Gasteiger partial charge in [-0.25, -0.2) is 23.5 Å². The predicted octanol–water partition coefficient (Wildman–Crippen LogP) is 4.06. The van der Waals surface area contributed by atoms with Crippen LogP contribution in [0.3, 0.4) is 0 Å². The molecule has 5 aromatic rings. The fraction of sp³-hybridized carbons (Fsp3) is 0.182. The number of hydrogen-bond donors (Lipinski definition) is 4. The Hall–Kier alpha value is -4.67. The summed E-state index contributed by atoms with van der Waals surface area (Å²) in [6, 6.07) is 3.08. The molecule has 0 bridgehead atoms. The van der Waals surface area contributed by atoms with Crippen molar-refractivity contribution in [3.63, 3.8) is 0 Å². The first-order chi connectivity index (χ1) is 18.3. The number of nitrogen functional groups attached to an aromatic ring is 1. The quantitative estimate of drug-likeness (QED) is 0.234. The number of aliphatic carboxylic acids is 1. The molecule has 204 valence electrons. The third-order valence-corrected chi connectivity index (χ3v) is 6.24. The van der Waals surface area contributed by atoms with Crippen LogP contribution in [0.25, 0.3) is 27.3 Å². The van der Waals surface area contributed by atoms with Gasteiger partial charge in [0.2, 0.25) is 5.95 Å². The number of halogens is 5. The normalized spacial score (nSPS) is 12.3. The number of fused-ring (bicyclic) bond motifs is 2. The van der Waals surface area contributed by atoms with Gasteiger partial charge in [-0.2, -0.15) is 23.1 Å². The van der Waals surface area contributed by atoms with E-state index in [2.05, 4.69) is 30.2 Å². The maximum atomic E-state index is 14.8. The predicted molar refractivity (Wildman–Crippen MR) is 131 cm³/mol. The van der Waals surface area contributed by atoms with Crippen molar-refractivity contribution in [2.45, 2.75) is 26.1 Å². The van der Waals surface area contributed by atoms with Crippen LogP contribution < -0.4 is 16.6 Å². The topological polar surface area (TPSA) is 164 Å². The Morgan fingerprint density at radius 3 is 2.59 bits per heavy atom. The van der Waals surface area contributed by atoms with Crippen LogP contribution in [0.5, 0.6) is 0 Å². The van der Waals surface area contributed by atoms with Crippen LogP contribution in [0.15, 0.2) is 34.7 Å². The van der Waals surface area contributed by atoms with Gasteiger partial charge in [0, 0.05) is 16.6 Å². The van der Waals surface area contributed by atoms with Crippen molar-refractivity contribution >= 4 is 45.2 Å². The lowest BCUT2D eigenvalue weighted by molar-refractivity contribution is -0.192. The lowest BCUT2D eigenvalue weighted by Crippen LogP contribution is -2.23. The molecule has 0 fully saturated rings. The number of thiazole rings is 1. The molecule has 1 unspecified atom stereocenters. The van der Waals surface area contributed by atoms with E-state index in [0.717, 1.165) is 6.07 Å². The second-order valence-corrected chi connectivity index (χ2v) is 8.81. The van der Waals surface area contributed by atoms with E-state index in [1.54, 1.807) is 19.2 Å². The zero-order valence-corrected chi connectivity index (χ0v) is 20.7. The largest absolute Gasteiger partial charge is 0.490 e. The summed E-state index contributed by atoms with van der Waals surface area (Å²) < 4.78 is 61.9. The highest BCUT2D eigenvalue weighted by Gasteiger charge is 2.38. The summed E-state index contributed by atoms with van der Waals surface area (Å²) in [5.41, 5.74) is 6.85. The number of aryl methyl sites for hydroxylation is 1. The van der Waals surface area contributed by atoms with Crippen molar-refractivity contribution in [3.05, 3.63) is 63.3 Å². The molecule has 0 aliphatic heterocycles. The summed E-state index contributed by atoms with van der Waals surface area (Å²) in [6.45, 7) is 3.48. The average Bonchev–Trinajstić information content (AvgIpc) is 3.47. The number of anilines is 2. The first-order valence-corrected chi connectivity index (χ1v) is 11.7. The van der Waals surface area contributed by atoms with Crippen molar-refractivity contribution in [1.82, 2.24) is 29.3 Å². The van der Waals surface area contributed by atoms with Gasteiger partial charge in [-0.05, 0) is 19.9 Å². The Morgan fingerprint density at radius 2 is 1.92 bits per heavy atom. The van der Waals surface area contributed by atoms with Gasteiger partial charge in [0.15, 0.2) is 28.1 Å². The number of H-pyrrole nitrogens is 1. The number of imidazole rings is 1. The van der Waals surface area contributed by atoms with E-state index < -0.39 is 35.4 Å². The van der Waals surface area contributed by atoms with Crippen molar-refractivity contribution in [2.75, 3.05) is 11.1 Å². The Labute approximate surface area is 218 Å². The molecule has 4 heterocycles. The van der Waals surface area contributed by atoms with Crippen molar-refractivity contribution in [3.8, 4) is 11.1 Å². The van der Waals surface area contributed by atoms with Crippen molar-refractivity contribution in [1.29, 1.82) is 0 Å². The minimum atomic E-state index is -5.08. The van der Waals surface area contributed by atoms with E-state index in [1.807, 2.05) is 0 Å². The van der Waals surface area contributed by atoms with E-state index in [0.29, 0.717) is 27.6 Å². The van der Waals surface area contributed by atoms with Gasteiger partial charge < -0.3 is 21.1 Å². The Bertz CT molecular complexity index is 1760. The molecular weight excluding hydrogens is 551 g/mol. The van der Waals surface area contributed by atoms with Crippen LogP contribution in [0.2, 0.25) is 0 Å². The summed E-state index contributed by atoms with van der Waals surface area (Å²) in [5.74, 6) is -4.58. The first kappa shape index (κ1) is 27.4. The van der Waals surface area contributed by atoms with E-state index in [9.17, 15) is 26.7 Å². The number of nitrogens with zero attached hydrogens (tertiary/aromatic N) is 5. The molecule has 5 rings (SSSR count). The molecule has 0 saturated heterocycles. The van der Waals surface area contributed by atoms with Crippen LogP contribution in [-0.2, 0) is 4.79 Å². The lowest BCUT2D eigenvalue weighted by Gasteiger charge is -2.18. The zero-order valence-electron chi connectivity index (χ0n) is 19.8. The van der Waals surface area contributed by atoms with Crippen molar-refractivity contribution in [2.24, 2.45) is 0 Å². The van der Waals surface area contributed by atoms with E-state index >= 15 is 0 Å². The molecule has 1 aromatic carbocycles. The van der Waals surface area contributed by atoms with Crippen LogP contribution in [0.4, 0.5) is 33.7 Å². The number of benzene rings is 1. The van der Waals surface area contributed by atoms with Crippen LogP contribution >= 0.6 is 11.3 Å². The highest BCUT2D eigenvalue weighted by Crippen LogP contribution is 2.31. The molecule has 39 heavy (non-hydrogen) atoms. The number of hydrogen-bond acceptors (Lipinski definition) is 9. The molecule has 0 amide bonds. The van der Waals surface area contributed by atoms with E-state index in [-0.39, 0.29) is 22.8 Å². The third-order valence-electron chi connectivity index (χ3n) is 5.30. The number of nitrogens with two attached hydrogens (primary N) is 1.